The highest BCUT2D eigenvalue weighted by molar-refractivity contribution is 4.86. The van der Waals surface area contributed by atoms with Crippen molar-refractivity contribution in [3.05, 3.63) is 0 Å². The molecule has 2 rings (SSSR count). The molecule has 2 fully saturated rings. The van der Waals surface area contributed by atoms with Gasteiger partial charge in [-0.05, 0) is 57.0 Å². The minimum atomic E-state index is 0.741. The van der Waals surface area contributed by atoms with Crippen LogP contribution in [0, 0.1) is 11.8 Å². The minimum absolute atomic E-state index is 0.741. The van der Waals surface area contributed by atoms with Gasteiger partial charge in [0.05, 0.1) is 0 Å². The van der Waals surface area contributed by atoms with Crippen molar-refractivity contribution in [3.8, 4) is 0 Å². The molecule has 0 aromatic carbocycles. The van der Waals surface area contributed by atoms with Crippen LogP contribution in [0.1, 0.15) is 59.3 Å². The Balaban J connectivity index is 1.92. The Hall–Kier alpha value is -0.0800. The van der Waals surface area contributed by atoms with Gasteiger partial charge >= 0.3 is 0 Å². The van der Waals surface area contributed by atoms with Gasteiger partial charge in [0, 0.05) is 18.6 Å². The summed E-state index contributed by atoms with van der Waals surface area (Å²) >= 11 is 0. The van der Waals surface area contributed by atoms with Crippen LogP contribution >= 0.6 is 0 Å². The van der Waals surface area contributed by atoms with Crippen LogP contribution in [0.3, 0.4) is 0 Å². The van der Waals surface area contributed by atoms with E-state index < -0.39 is 0 Å². The Bertz CT molecular complexity index is 231. The molecule has 0 spiro atoms. The smallest absolute Gasteiger partial charge is 0.0195 e. The Morgan fingerprint density at radius 3 is 2.50 bits per heavy atom. The van der Waals surface area contributed by atoms with Crippen molar-refractivity contribution >= 4 is 0 Å². The molecule has 2 aliphatic rings. The molecule has 18 heavy (non-hydrogen) atoms. The van der Waals surface area contributed by atoms with E-state index in [2.05, 4.69) is 31.0 Å². The highest BCUT2D eigenvalue weighted by Gasteiger charge is 2.30. The minimum Gasteiger partial charge on any atom is -0.313 e. The van der Waals surface area contributed by atoms with Crippen LogP contribution in [0.5, 0.6) is 0 Å². The second-order valence-electron chi connectivity index (χ2n) is 6.86. The summed E-state index contributed by atoms with van der Waals surface area (Å²) in [4.78, 5) is 2.81. The number of nitrogens with zero attached hydrogens (tertiary/aromatic N) is 1. The van der Waals surface area contributed by atoms with E-state index in [0.717, 1.165) is 23.9 Å². The van der Waals surface area contributed by atoms with Crippen LogP contribution in [0.2, 0.25) is 0 Å². The van der Waals surface area contributed by atoms with E-state index in [4.69, 9.17) is 0 Å². The molecule has 1 heterocycles. The Kier molecular flexibility index (Phi) is 5.50. The molecule has 0 amide bonds. The predicted octanol–water partition coefficient (Wildman–Crippen LogP) is 3.28. The quantitative estimate of drug-likeness (QED) is 0.829. The number of hydrogen-bond acceptors (Lipinski definition) is 2. The summed E-state index contributed by atoms with van der Waals surface area (Å²) in [7, 11) is 0. The molecular formula is C16H32N2. The van der Waals surface area contributed by atoms with Crippen LogP contribution in [0.15, 0.2) is 0 Å². The zero-order valence-electron chi connectivity index (χ0n) is 12.6. The highest BCUT2D eigenvalue weighted by atomic mass is 15.2. The lowest BCUT2D eigenvalue weighted by Gasteiger charge is -2.39. The first-order valence-corrected chi connectivity index (χ1v) is 8.16. The second-order valence-corrected chi connectivity index (χ2v) is 6.86. The molecule has 3 unspecified atom stereocenters. The molecule has 0 aromatic rings. The molecule has 0 radical (unpaired) electrons. The molecule has 1 aliphatic carbocycles. The average molecular weight is 252 g/mol. The lowest BCUT2D eigenvalue weighted by Crippen LogP contribution is -2.45. The summed E-state index contributed by atoms with van der Waals surface area (Å²) in [6, 6.07) is 1.60. The van der Waals surface area contributed by atoms with Gasteiger partial charge in [-0.2, -0.15) is 0 Å². The molecule has 0 bridgehead atoms. The fourth-order valence-corrected chi connectivity index (χ4v) is 4.10. The Morgan fingerprint density at radius 1 is 1.11 bits per heavy atom. The molecular weight excluding hydrogens is 220 g/mol. The third kappa shape index (κ3) is 3.96. The van der Waals surface area contributed by atoms with Gasteiger partial charge in [0.2, 0.25) is 0 Å². The van der Waals surface area contributed by atoms with Gasteiger partial charge in [-0.25, -0.2) is 0 Å². The van der Waals surface area contributed by atoms with Crippen molar-refractivity contribution in [1.29, 1.82) is 0 Å². The molecule has 1 saturated carbocycles. The van der Waals surface area contributed by atoms with E-state index >= 15 is 0 Å². The van der Waals surface area contributed by atoms with Gasteiger partial charge in [0.25, 0.3) is 0 Å². The summed E-state index contributed by atoms with van der Waals surface area (Å²) in [6.45, 7) is 11.0. The molecule has 2 nitrogen and oxygen atoms in total. The summed E-state index contributed by atoms with van der Waals surface area (Å²) < 4.78 is 0. The van der Waals surface area contributed by atoms with Crippen molar-refractivity contribution in [2.24, 2.45) is 11.8 Å². The SMILES string of the molecule is CCCC1CN(C2CC(C)CC(C)C2)CCCN1. The molecule has 1 aliphatic heterocycles. The first-order valence-electron chi connectivity index (χ1n) is 8.16. The number of nitrogens with one attached hydrogen (secondary N) is 1. The maximum Gasteiger partial charge on any atom is 0.0195 e. The van der Waals surface area contributed by atoms with Crippen LogP contribution < -0.4 is 5.32 Å². The van der Waals surface area contributed by atoms with E-state index in [1.54, 1.807) is 0 Å². The molecule has 106 valence electrons. The lowest BCUT2D eigenvalue weighted by molar-refractivity contribution is 0.107. The zero-order chi connectivity index (χ0) is 13.0. The van der Waals surface area contributed by atoms with Crippen molar-refractivity contribution in [2.75, 3.05) is 19.6 Å². The van der Waals surface area contributed by atoms with Crippen molar-refractivity contribution in [3.63, 3.8) is 0 Å². The maximum atomic E-state index is 3.73. The first kappa shape index (κ1) is 14.3. The van der Waals surface area contributed by atoms with Crippen molar-refractivity contribution in [2.45, 2.75) is 71.4 Å². The Morgan fingerprint density at radius 2 is 1.83 bits per heavy atom. The predicted molar refractivity (Wildman–Crippen MR) is 78.9 cm³/mol. The fraction of sp³-hybridized carbons (Fsp3) is 1.00. The normalized spacial score (nSPS) is 39.5. The Labute approximate surface area is 114 Å². The van der Waals surface area contributed by atoms with Gasteiger partial charge < -0.3 is 5.32 Å². The molecule has 1 N–H and O–H groups in total. The molecule has 0 aromatic heterocycles. The number of rotatable bonds is 3. The van der Waals surface area contributed by atoms with Gasteiger partial charge in [0.1, 0.15) is 0 Å². The number of hydrogen-bond donors (Lipinski definition) is 1. The van der Waals surface area contributed by atoms with Crippen molar-refractivity contribution in [1.82, 2.24) is 10.2 Å². The lowest BCUT2D eigenvalue weighted by atomic mass is 9.79. The topological polar surface area (TPSA) is 15.3 Å². The van der Waals surface area contributed by atoms with Crippen LogP contribution in [-0.4, -0.2) is 36.6 Å². The van der Waals surface area contributed by atoms with Crippen LogP contribution in [0.4, 0.5) is 0 Å². The van der Waals surface area contributed by atoms with Gasteiger partial charge in [-0.3, -0.25) is 4.90 Å². The fourth-order valence-electron chi connectivity index (χ4n) is 4.10. The van der Waals surface area contributed by atoms with E-state index in [9.17, 15) is 0 Å². The van der Waals surface area contributed by atoms with Gasteiger partial charge in [-0.15, -0.1) is 0 Å². The standard InChI is InChI=1S/C16H32N2/c1-4-6-15-12-18(8-5-7-17-15)16-10-13(2)9-14(3)11-16/h13-17H,4-12H2,1-3H3. The second kappa shape index (κ2) is 6.91. The van der Waals surface area contributed by atoms with E-state index in [-0.39, 0.29) is 0 Å². The summed E-state index contributed by atoms with van der Waals surface area (Å²) in [5, 5.41) is 3.73. The third-order valence-electron chi connectivity index (χ3n) is 4.82. The van der Waals surface area contributed by atoms with E-state index in [1.165, 1.54) is 58.2 Å². The molecule has 1 saturated heterocycles. The largest absolute Gasteiger partial charge is 0.313 e. The van der Waals surface area contributed by atoms with Crippen LogP contribution in [0.25, 0.3) is 0 Å². The first-order chi connectivity index (χ1) is 8.69. The summed E-state index contributed by atoms with van der Waals surface area (Å²) in [5.41, 5.74) is 0. The third-order valence-corrected chi connectivity index (χ3v) is 4.82. The monoisotopic (exact) mass is 252 g/mol. The van der Waals surface area contributed by atoms with E-state index in [0.29, 0.717) is 0 Å². The zero-order valence-corrected chi connectivity index (χ0v) is 12.6. The van der Waals surface area contributed by atoms with Crippen LogP contribution in [-0.2, 0) is 0 Å². The van der Waals surface area contributed by atoms with Gasteiger partial charge in [0.15, 0.2) is 0 Å². The summed E-state index contributed by atoms with van der Waals surface area (Å²) in [5.74, 6) is 1.86. The van der Waals surface area contributed by atoms with E-state index in [1.807, 2.05) is 0 Å². The van der Waals surface area contributed by atoms with Crippen molar-refractivity contribution < 1.29 is 0 Å². The maximum absolute atomic E-state index is 3.73. The molecule has 2 heteroatoms. The summed E-state index contributed by atoms with van der Waals surface area (Å²) in [6.07, 6.45) is 8.30. The highest BCUT2D eigenvalue weighted by Crippen LogP contribution is 2.32. The molecule has 3 atom stereocenters. The average Bonchev–Trinajstić information content (AvgIpc) is 2.54. The van der Waals surface area contributed by atoms with Gasteiger partial charge in [-0.1, -0.05) is 27.2 Å².